The minimum absolute atomic E-state index is 0.0229. The number of rotatable bonds is 2. The van der Waals surface area contributed by atoms with Crippen LogP contribution in [0.25, 0.3) is 0 Å². The molecule has 0 fully saturated rings. The van der Waals surface area contributed by atoms with Gasteiger partial charge in [0.15, 0.2) is 0 Å². The smallest absolute Gasteiger partial charge is 0.0682 e. The highest BCUT2D eigenvalue weighted by Crippen LogP contribution is 2.13. The van der Waals surface area contributed by atoms with Crippen molar-refractivity contribution in [3.63, 3.8) is 0 Å². The lowest BCUT2D eigenvalue weighted by Gasteiger charge is -2.03. The van der Waals surface area contributed by atoms with Gasteiger partial charge in [0, 0.05) is 12.2 Å². The van der Waals surface area contributed by atoms with Gasteiger partial charge in [-0.1, -0.05) is 12.1 Å². The van der Waals surface area contributed by atoms with E-state index in [9.17, 15) is 0 Å². The average molecular weight is 152 g/mol. The zero-order valence-corrected chi connectivity index (χ0v) is 6.25. The van der Waals surface area contributed by atoms with Gasteiger partial charge in [0.25, 0.3) is 0 Å². The van der Waals surface area contributed by atoms with Gasteiger partial charge in [-0.05, 0) is 17.2 Å². The summed E-state index contributed by atoms with van der Waals surface area (Å²) < 4.78 is 0. The molecule has 3 heteroatoms. The highest BCUT2D eigenvalue weighted by atomic mass is 16.3. The maximum Gasteiger partial charge on any atom is 0.0682 e. The quantitative estimate of drug-likeness (QED) is 0.531. The first-order valence-electron chi connectivity index (χ1n) is 3.46. The summed E-state index contributed by atoms with van der Waals surface area (Å²) in [6, 6.07) is 5.39. The Labute approximate surface area is 65.6 Å². The molecule has 11 heavy (non-hydrogen) atoms. The van der Waals surface area contributed by atoms with Crippen molar-refractivity contribution in [3.8, 4) is 0 Å². The van der Waals surface area contributed by atoms with Crippen LogP contribution >= 0.6 is 0 Å². The van der Waals surface area contributed by atoms with Crippen LogP contribution in [0.4, 0.5) is 5.69 Å². The Hall–Kier alpha value is -1.06. The molecule has 0 radical (unpaired) electrons. The van der Waals surface area contributed by atoms with Crippen molar-refractivity contribution < 1.29 is 5.11 Å². The third-order valence-electron chi connectivity index (χ3n) is 1.61. The molecule has 0 amide bonds. The van der Waals surface area contributed by atoms with Crippen molar-refractivity contribution >= 4 is 5.69 Å². The molecule has 0 bridgehead atoms. The summed E-state index contributed by atoms with van der Waals surface area (Å²) in [5.41, 5.74) is 13.4. The second kappa shape index (κ2) is 3.37. The molecule has 0 aliphatic rings. The predicted molar refractivity (Wildman–Crippen MR) is 44.7 cm³/mol. The Kier molecular flexibility index (Phi) is 2.46. The van der Waals surface area contributed by atoms with Gasteiger partial charge < -0.3 is 16.6 Å². The van der Waals surface area contributed by atoms with Gasteiger partial charge in [-0.3, -0.25) is 0 Å². The summed E-state index contributed by atoms with van der Waals surface area (Å²) in [4.78, 5) is 0. The lowest BCUT2D eigenvalue weighted by molar-refractivity contribution is 0.282. The molecule has 0 aliphatic carbocycles. The van der Waals surface area contributed by atoms with E-state index in [0.29, 0.717) is 12.2 Å². The minimum atomic E-state index is 0.0229. The van der Waals surface area contributed by atoms with Crippen molar-refractivity contribution in [2.24, 2.45) is 5.73 Å². The van der Waals surface area contributed by atoms with Gasteiger partial charge in [0.1, 0.15) is 0 Å². The lowest BCUT2D eigenvalue weighted by atomic mass is 10.1. The SMILES string of the molecule is NCc1ccc(CO)cc1N. The Morgan fingerprint density at radius 1 is 1.36 bits per heavy atom. The summed E-state index contributed by atoms with van der Waals surface area (Å²) in [5, 5.41) is 8.74. The Bertz CT molecular complexity index is 248. The fraction of sp³-hybridized carbons (Fsp3) is 0.250. The van der Waals surface area contributed by atoms with Crippen LogP contribution in [0.2, 0.25) is 0 Å². The molecule has 0 aliphatic heterocycles. The van der Waals surface area contributed by atoms with Crippen LogP contribution in [0, 0.1) is 0 Å². The molecule has 0 atom stereocenters. The molecule has 0 unspecified atom stereocenters. The maximum absolute atomic E-state index is 8.74. The zero-order valence-electron chi connectivity index (χ0n) is 6.25. The predicted octanol–water partition coefficient (Wildman–Crippen LogP) is 0.220. The van der Waals surface area contributed by atoms with Gasteiger partial charge in [-0.2, -0.15) is 0 Å². The normalized spacial score (nSPS) is 10.0. The number of hydrogen-bond donors (Lipinski definition) is 3. The first-order chi connectivity index (χ1) is 5.27. The second-order valence-corrected chi connectivity index (χ2v) is 2.40. The standard InChI is InChI=1S/C8H12N2O/c9-4-7-2-1-6(5-11)3-8(7)10/h1-3,11H,4-5,9-10H2. The molecule has 1 rings (SSSR count). The number of benzene rings is 1. The molecule has 0 aromatic heterocycles. The van der Waals surface area contributed by atoms with Crippen LogP contribution in [0.3, 0.4) is 0 Å². The molecule has 3 nitrogen and oxygen atoms in total. The molecule has 0 spiro atoms. The van der Waals surface area contributed by atoms with Gasteiger partial charge in [0.05, 0.1) is 6.61 Å². The molecule has 60 valence electrons. The Morgan fingerprint density at radius 2 is 2.09 bits per heavy atom. The largest absolute Gasteiger partial charge is 0.398 e. The van der Waals surface area contributed by atoms with Gasteiger partial charge in [-0.25, -0.2) is 0 Å². The van der Waals surface area contributed by atoms with Gasteiger partial charge in [-0.15, -0.1) is 0 Å². The van der Waals surface area contributed by atoms with E-state index in [-0.39, 0.29) is 6.61 Å². The summed E-state index contributed by atoms with van der Waals surface area (Å²) >= 11 is 0. The molecule has 5 N–H and O–H groups in total. The maximum atomic E-state index is 8.74. The van der Waals surface area contributed by atoms with Crippen molar-refractivity contribution in [3.05, 3.63) is 29.3 Å². The third-order valence-corrected chi connectivity index (χ3v) is 1.61. The number of aliphatic hydroxyl groups is 1. The second-order valence-electron chi connectivity index (χ2n) is 2.40. The number of nitrogens with two attached hydrogens (primary N) is 2. The van der Waals surface area contributed by atoms with E-state index in [0.717, 1.165) is 11.1 Å². The number of hydrogen-bond acceptors (Lipinski definition) is 3. The van der Waals surface area contributed by atoms with E-state index < -0.39 is 0 Å². The summed E-state index contributed by atoms with van der Waals surface area (Å²) in [5.74, 6) is 0. The average Bonchev–Trinajstić information content (AvgIpc) is 2.04. The summed E-state index contributed by atoms with van der Waals surface area (Å²) in [6.07, 6.45) is 0. The summed E-state index contributed by atoms with van der Waals surface area (Å²) in [6.45, 7) is 0.465. The first-order valence-corrected chi connectivity index (χ1v) is 3.46. The number of anilines is 1. The van der Waals surface area contributed by atoms with Crippen molar-refractivity contribution in [2.45, 2.75) is 13.2 Å². The molecule has 1 aromatic carbocycles. The van der Waals surface area contributed by atoms with E-state index >= 15 is 0 Å². The molecular weight excluding hydrogens is 140 g/mol. The zero-order chi connectivity index (χ0) is 8.27. The topological polar surface area (TPSA) is 72.3 Å². The minimum Gasteiger partial charge on any atom is -0.398 e. The van der Waals surface area contributed by atoms with E-state index in [1.165, 1.54) is 0 Å². The summed E-state index contributed by atoms with van der Waals surface area (Å²) in [7, 11) is 0. The van der Waals surface area contributed by atoms with E-state index in [1.54, 1.807) is 6.07 Å². The fourth-order valence-electron chi connectivity index (χ4n) is 0.929. The first kappa shape index (κ1) is 8.04. The van der Waals surface area contributed by atoms with E-state index in [4.69, 9.17) is 16.6 Å². The van der Waals surface area contributed by atoms with Crippen LogP contribution in [-0.4, -0.2) is 5.11 Å². The molecule has 0 heterocycles. The lowest BCUT2D eigenvalue weighted by Crippen LogP contribution is -2.01. The van der Waals surface area contributed by atoms with Crippen LogP contribution in [-0.2, 0) is 13.2 Å². The monoisotopic (exact) mass is 152 g/mol. The third kappa shape index (κ3) is 1.69. The van der Waals surface area contributed by atoms with Crippen molar-refractivity contribution in [1.29, 1.82) is 0 Å². The van der Waals surface area contributed by atoms with E-state index in [1.807, 2.05) is 12.1 Å². The van der Waals surface area contributed by atoms with Crippen LogP contribution < -0.4 is 11.5 Å². The Balaban J connectivity index is 2.99. The molecule has 1 aromatic rings. The fourth-order valence-corrected chi connectivity index (χ4v) is 0.929. The van der Waals surface area contributed by atoms with Crippen LogP contribution in [0.5, 0.6) is 0 Å². The molecule has 0 saturated heterocycles. The highest BCUT2D eigenvalue weighted by Gasteiger charge is 1.96. The van der Waals surface area contributed by atoms with Crippen LogP contribution in [0.1, 0.15) is 11.1 Å². The van der Waals surface area contributed by atoms with E-state index in [2.05, 4.69) is 0 Å². The Morgan fingerprint density at radius 3 is 2.55 bits per heavy atom. The molecular formula is C8H12N2O. The highest BCUT2D eigenvalue weighted by molar-refractivity contribution is 5.48. The number of nitrogen functional groups attached to an aromatic ring is 1. The molecule has 0 saturated carbocycles. The van der Waals surface area contributed by atoms with Crippen molar-refractivity contribution in [1.82, 2.24) is 0 Å². The number of aliphatic hydroxyl groups excluding tert-OH is 1. The van der Waals surface area contributed by atoms with Crippen LogP contribution in [0.15, 0.2) is 18.2 Å². The van der Waals surface area contributed by atoms with Gasteiger partial charge in [0.2, 0.25) is 0 Å². The van der Waals surface area contributed by atoms with Gasteiger partial charge >= 0.3 is 0 Å². The van der Waals surface area contributed by atoms with Crippen molar-refractivity contribution in [2.75, 3.05) is 5.73 Å².